The number of allylic oxidation sites excluding steroid dienone is 6. The van der Waals surface area contributed by atoms with Crippen LogP contribution in [0.2, 0.25) is 0 Å². The van der Waals surface area contributed by atoms with Crippen LogP contribution in [0.4, 0.5) is 0 Å². The summed E-state index contributed by atoms with van der Waals surface area (Å²) in [4.78, 5) is 54.2. The van der Waals surface area contributed by atoms with Gasteiger partial charge in [0.15, 0.2) is 23.1 Å². The number of hydrogen-bond donors (Lipinski definition) is 1. The fourth-order valence-electron chi connectivity index (χ4n) is 6.07. The minimum Gasteiger partial charge on any atom is -0.503 e. The van der Waals surface area contributed by atoms with Gasteiger partial charge in [-0.1, -0.05) is 11.6 Å². The second-order valence-corrected chi connectivity index (χ2v) is 10.9. The van der Waals surface area contributed by atoms with Crippen molar-refractivity contribution in [2.75, 3.05) is 13.7 Å². The van der Waals surface area contributed by atoms with E-state index in [1.807, 2.05) is 6.08 Å². The summed E-state index contributed by atoms with van der Waals surface area (Å²) in [5.41, 5.74) is 2.62. The lowest BCUT2D eigenvalue weighted by molar-refractivity contribution is -0.139. The monoisotopic (exact) mass is 603 g/mol. The normalized spacial score (nSPS) is 28.0. The van der Waals surface area contributed by atoms with Crippen LogP contribution in [0.25, 0.3) is 0 Å². The molecule has 0 saturated carbocycles. The highest BCUT2D eigenvalue weighted by Crippen LogP contribution is 2.57. The average Bonchev–Trinajstić information content (AvgIpc) is 3.09. The van der Waals surface area contributed by atoms with Crippen LogP contribution in [0.1, 0.15) is 38.2 Å². The van der Waals surface area contributed by atoms with E-state index in [-0.39, 0.29) is 47.2 Å². The number of aromatic hydroxyl groups is 1. The lowest BCUT2D eigenvalue weighted by Crippen LogP contribution is -2.40. The molecule has 0 aromatic heterocycles. The first kappa shape index (κ1) is 24.2. The molecule has 1 heterocycles. The number of ketones is 2. The standard InChI is InChI=1S/C26H23Br2NO6/c1-4-29-25(33)12-6-5-11-13(19(12)26(29)34)8-14-16(30)7-10(2)23(31)20(14)18(11)15-9-17(35-3)24(32)22(28)21(15)27/h5,7,9,12-13,18-19,32H,4,6,8H2,1-3H3. The van der Waals surface area contributed by atoms with Crippen molar-refractivity contribution >= 4 is 55.2 Å². The van der Waals surface area contributed by atoms with E-state index in [0.29, 0.717) is 44.2 Å². The highest BCUT2D eigenvalue weighted by molar-refractivity contribution is 9.13. The number of fused-ring (bicyclic) bond motifs is 3. The van der Waals surface area contributed by atoms with E-state index in [1.54, 1.807) is 19.9 Å². The first-order valence-electron chi connectivity index (χ1n) is 11.4. The molecule has 3 aliphatic carbocycles. The molecule has 0 bridgehead atoms. The number of phenols is 1. The summed E-state index contributed by atoms with van der Waals surface area (Å²) in [6, 6.07) is 1.65. The zero-order valence-corrected chi connectivity index (χ0v) is 22.5. The zero-order chi connectivity index (χ0) is 25.3. The maximum absolute atomic E-state index is 13.5. The van der Waals surface area contributed by atoms with E-state index < -0.39 is 17.8 Å². The predicted octanol–water partition coefficient (Wildman–Crippen LogP) is 4.38. The van der Waals surface area contributed by atoms with Gasteiger partial charge in [0.25, 0.3) is 0 Å². The molecule has 2 amide bonds. The highest BCUT2D eigenvalue weighted by atomic mass is 79.9. The third-order valence-electron chi connectivity index (χ3n) is 7.68. The molecular formula is C26H23Br2NO6. The third-order valence-corrected chi connectivity index (χ3v) is 9.84. The predicted molar refractivity (Wildman–Crippen MR) is 134 cm³/mol. The molecular weight excluding hydrogens is 582 g/mol. The SMILES string of the molecule is CCN1C(=O)C2CC=C3C(c4cc(OC)c(O)c(Br)c4Br)C4=C(CC3C2C1=O)C(=O)C=C(C)C4=O. The van der Waals surface area contributed by atoms with Crippen molar-refractivity contribution in [1.29, 1.82) is 0 Å². The molecule has 1 saturated heterocycles. The van der Waals surface area contributed by atoms with E-state index in [1.165, 1.54) is 18.1 Å². The number of methoxy groups -OCH3 is 1. The number of carbonyl (C=O) groups is 4. The number of hydrogen-bond acceptors (Lipinski definition) is 6. The zero-order valence-electron chi connectivity index (χ0n) is 19.4. The summed E-state index contributed by atoms with van der Waals surface area (Å²) >= 11 is 6.96. The Morgan fingerprint density at radius 1 is 1.11 bits per heavy atom. The fourth-order valence-corrected chi connectivity index (χ4v) is 7.03. The second kappa shape index (κ2) is 8.55. The summed E-state index contributed by atoms with van der Waals surface area (Å²) in [6.07, 6.45) is 3.95. The molecule has 5 rings (SSSR count). The largest absolute Gasteiger partial charge is 0.503 e. The molecule has 182 valence electrons. The van der Waals surface area contributed by atoms with Crippen LogP contribution in [0.15, 0.2) is 49.5 Å². The van der Waals surface area contributed by atoms with Crippen LogP contribution in [0.5, 0.6) is 11.5 Å². The number of benzene rings is 1. The average molecular weight is 605 g/mol. The lowest BCUT2D eigenvalue weighted by atomic mass is 9.59. The smallest absolute Gasteiger partial charge is 0.233 e. The Bertz CT molecular complexity index is 1320. The maximum Gasteiger partial charge on any atom is 0.233 e. The Kier molecular flexibility index (Phi) is 5.91. The number of Topliss-reactive ketones (excluding diaryl/α,β-unsaturated/α-hetero) is 1. The molecule has 1 fully saturated rings. The molecule has 9 heteroatoms. The Morgan fingerprint density at radius 2 is 1.83 bits per heavy atom. The van der Waals surface area contributed by atoms with Crippen LogP contribution in [0.3, 0.4) is 0 Å². The van der Waals surface area contributed by atoms with E-state index in [9.17, 15) is 24.3 Å². The molecule has 1 aromatic carbocycles. The highest BCUT2D eigenvalue weighted by Gasteiger charge is 2.56. The molecule has 0 spiro atoms. The number of carbonyl (C=O) groups excluding carboxylic acids is 4. The molecule has 1 aliphatic heterocycles. The quantitative estimate of drug-likeness (QED) is 0.312. The van der Waals surface area contributed by atoms with E-state index in [2.05, 4.69) is 31.9 Å². The van der Waals surface area contributed by atoms with Gasteiger partial charge in [-0.2, -0.15) is 0 Å². The van der Waals surface area contributed by atoms with Gasteiger partial charge in [-0.15, -0.1) is 0 Å². The van der Waals surface area contributed by atoms with Crippen LogP contribution >= 0.6 is 31.9 Å². The minimum atomic E-state index is -0.636. The van der Waals surface area contributed by atoms with Gasteiger partial charge in [-0.25, -0.2) is 0 Å². The van der Waals surface area contributed by atoms with Crippen molar-refractivity contribution < 1.29 is 29.0 Å². The molecule has 4 aliphatic rings. The Labute approximate surface area is 219 Å². The molecule has 4 atom stereocenters. The second-order valence-electron chi connectivity index (χ2n) is 9.29. The number of amides is 2. The number of imide groups is 1. The van der Waals surface area contributed by atoms with Gasteiger partial charge in [0, 0.05) is 33.7 Å². The molecule has 0 radical (unpaired) electrons. The fraction of sp³-hybridized carbons (Fsp3) is 0.385. The summed E-state index contributed by atoms with van der Waals surface area (Å²) < 4.78 is 6.26. The van der Waals surface area contributed by atoms with Gasteiger partial charge >= 0.3 is 0 Å². The van der Waals surface area contributed by atoms with Gasteiger partial charge in [0.1, 0.15) is 0 Å². The van der Waals surface area contributed by atoms with E-state index >= 15 is 0 Å². The van der Waals surface area contributed by atoms with Crippen LogP contribution in [-0.4, -0.2) is 47.0 Å². The Hall–Kier alpha value is -2.52. The summed E-state index contributed by atoms with van der Waals surface area (Å²) in [5.74, 6) is -2.80. The van der Waals surface area contributed by atoms with E-state index in [0.717, 1.165) is 5.57 Å². The first-order valence-corrected chi connectivity index (χ1v) is 13.0. The number of ether oxygens (including phenoxy) is 1. The van der Waals surface area contributed by atoms with Gasteiger partial charge in [-0.3, -0.25) is 24.1 Å². The summed E-state index contributed by atoms with van der Waals surface area (Å²) in [6.45, 7) is 3.70. The van der Waals surface area contributed by atoms with Gasteiger partial charge in [0.05, 0.1) is 23.4 Å². The number of halogens is 2. The number of phenolic OH excluding ortho intramolecular Hbond substituents is 1. The van der Waals surface area contributed by atoms with Crippen LogP contribution in [-0.2, 0) is 19.2 Å². The molecule has 1 N–H and O–H groups in total. The minimum absolute atomic E-state index is 0.0975. The van der Waals surface area contributed by atoms with Crippen LogP contribution < -0.4 is 4.74 Å². The molecule has 1 aromatic rings. The Morgan fingerprint density at radius 3 is 2.49 bits per heavy atom. The van der Waals surface area contributed by atoms with Gasteiger partial charge in [-0.05, 0) is 82.2 Å². The van der Waals surface area contributed by atoms with Gasteiger partial charge in [0.2, 0.25) is 11.8 Å². The number of rotatable bonds is 3. The summed E-state index contributed by atoms with van der Waals surface area (Å²) in [5, 5.41) is 10.5. The number of likely N-dealkylation sites (tertiary alicyclic amines) is 1. The van der Waals surface area contributed by atoms with Crippen molar-refractivity contribution in [1.82, 2.24) is 4.90 Å². The van der Waals surface area contributed by atoms with Crippen molar-refractivity contribution in [3.8, 4) is 11.5 Å². The topological polar surface area (TPSA) is 101 Å². The van der Waals surface area contributed by atoms with Crippen molar-refractivity contribution in [2.24, 2.45) is 17.8 Å². The van der Waals surface area contributed by atoms with Crippen molar-refractivity contribution in [3.63, 3.8) is 0 Å². The third kappa shape index (κ3) is 3.34. The molecule has 4 unspecified atom stereocenters. The first-order chi connectivity index (χ1) is 16.6. The van der Waals surface area contributed by atoms with Gasteiger partial charge < -0.3 is 9.84 Å². The van der Waals surface area contributed by atoms with Crippen molar-refractivity contribution in [2.45, 2.75) is 32.6 Å². The maximum atomic E-state index is 13.5. The lowest BCUT2D eigenvalue weighted by Gasteiger charge is -2.42. The summed E-state index contributed by atoms with van der Waals surface area (Å²) in [7, 11) is 1.43. The molecule has 35 heavy (non-hydrogen) atoms. The number of nitrogens with zero attached hydrogens (tertiary/aromatic N) is 1. The van der Waals surface area contributed by atoms with Crippen LogP contribution in [0, 0.1) is 17.8 Å². The van der Waals surface area contributed by atoms with E-state index in [4.69, 9.17) is 4.74 Å². The van der Waals surface area contributed by atoms with Crippen molar-refractivity contribution in [3.05, 3.63) is 55.0 Å². The molecule has 7 nitrogen and oxygen atoms in total. The Balaban J connectivity index is 1.76.